The lowest BCUT2D eigenvalue weighted by molar-refractivity contribution is -0.150. The molecule has 3 saturated carbocycles. The molecule has 44 heavy (non-hydrogen) atoms. The van der Waals surface area contributed by atoms with E-state index >= 15 is 0 Å². The van der Waals surface area contributed by atoms with E-state index in [-0.39, 0.29) is 24.0 Å². The van der Waals surface area contributed by atoms with E-state index in [1.807, 2.05) is 0 Å². The topological polar surface area (TPSA) is 85.9 Å². The molecule has 0 bridgehead atoms. The van der Waals surface area contributed by atoms with Gasteiger partial charge in [-0.3, -0.25) is 4.79 Å². The van der Waals surface area contributed by atoms with Gasteiger partial charge in [-0.1, -0.05) is 84.8 Å². The van der Waals surface area contributed by atoms with Crippen LogP contribution in [-0.4, -0.2) is 44.8 Å². The molecule has 4 aliphatic carbocycles. The number of nitrogens with two attached hydrogens (primary N) is 1. The number of ether oxygens (including phenoxy) is 2. The molecule has 3 N–H and O–H groups in total. The Morgan fingerprint density at radius 3 is 2.59 bits per heavy atom. The number of esters is 1. The van der Waals surface area contributed by atoms with Crippen molar-refractivity contribution in [2.75, 3.05) is 26.8 Å². The first-order valence-corrected chi connectivity index (χ1v) is 18.5. The summed E-state index contributed by atoms with van der Waals surface area (Å²) in [6.07, 6.45) is 22.4. The van der Waals surface area contributed by atoms with Gasteiger partial charge in [0.2, 0.25) is 0 Å². The van der Waals surface area contributed by atoms with Gasteiger partial charge in [0.15, 0.2) is 5.96 Å². The molecule has 0 heterocycles. The number of fused-ring (bicyclic) bond motifs is 5. The average molecular weight is 614 g/mol. The van der Waals surface area contributed by atoms with Gasteiger partial charge in [0, 0.05) is 26.7 Å². The molecule has 0 aliphatic heterocycles. The summed E-state index contributed by atoms with van der Waals surface area (Å²) >= 11 is 0. The van der Waals surface area contributed by atoms with E-state index < -0.39 is 0 Å². The monoisotopic (exact) mass is 614 g/mol. The van der Waals surface area contributed by atoms with Gasteiger partial charge in [-0.15, -0.1) is 0 Å². The third-order valence-corrected chi connectivity index (χ3v) is 12.8. The number of nitrogens with zero attached hydrogens (tertiary/aromatic N) is 1. The van der Waals surface area contributed by atoms with Crippen molar-refractivity contribution in [3.8, 4) is 0 Å². The highest BCUT2D eigenvalue weighted by molar-refractivity contribution is 5.81. The summed E-state index contributed by atoms with van der Waals surface area (Å²) < 4.78 is 11.0. The SMILES string of the molecule is COCCCCCCNC(N)=NCC(=O)OC1CCC2(C)C(=CCC3C2CCC2(C)C3CCCC2[C@H](C)CCCC(C)C)C1. The first-order chi connectivity index (χ1) is 21.1. The fraction of sp³-hybridized carbons (Fsp3) is 0.895. The Morgan fingerprint density at radius 1 is 1.02 bits per heavy atom. The van der Waals surface area contributed by atoms with Gasteiger partial charge in [0.05, 0.1) is 0 Å². The van der Waals surface area contributed by atoms with E-state index in [0.29, 0.717) is 11.4 Å². The number of nitrogens with one attached hydrogen (secondary N) is 1. The second kappa shape index (κ2) is 16.3. The van der Waals surface area contributed by atoms with Gasteiger partial charge < -0.3 is 20.5 Å². The minimum atomic E-state index is -0.263. The second-order valence-corrected chi connectivity index (χ2v) is 16.0. The number of unbranched alkanes of at least 4 members (excludes halogenated alkanes) is 3. The van der Waals surface area contributed by atoms with Crippen LogP contribution >= 0.6 is 0 Å². The minimum Gasteiger partial charge on any atom is -0.461 e. The third kappa shape index (κ3) is 8.62. The Hall–Kier alpha value is -1.56. The molecule has 0 spiro atoms. The van der Waals surface area contributed by atoms with Crippen LogP contribution in [0.5, 0.6) is 0 Å². The van der Waals surface area contributed by atoms with E-state index in [1.165, 1.54) is 57.8 Å². The van der Waals surface area contributed by atoms with Crippen molar-refractivity contribution >= 4 is 11.9 Å². The molecule has 0 saturated heterocycles. The quantitative estimate of drug-likeness (QED) is 0.0636. The molecule has 6 heteroatoms. The molecule has 0 aromatic carbocycles. The second-order valence-electron chi connectivity index (χ2n) is 16.0. The number of hydrogen-bond acceptors (Lipinski definition) is 4. The fourth-order valence-electron chi connectivity index (χ4n) is 10.3. The molecule has 3 fully saturated rings. The molecular formula is C38H67N3O3. The van der Waals surface area contributed by atoms with E-state index in [2.05, 4.69) is 51.0 Å². The zero-order valence-electron chi connectivity index (χ0n) is 29.3. The summed E-state index contributed by atoms with van der Waals surface area (Å²) in [4.78, 5) is 16.9. The number of hydrogen-bond donors (Lipinski definition) is 2. The lowest BCUT2D eigenvalue weighted by Crippen LogP contribution is -2.54. The number of rotatable bonds is 15. The van der Waals surface area contributed by atoms with Crippen molar-refractivity contribution in [3.63, 3.8) is 0 Å². The normalized spacial score (nSPS) is 34.4. The van der Waals surface area contributed by atoms with E-state index in [4.69, 9.17) is 15.2 Å². The number of methoxy groups -OCH3 is 1. The van der Waals surface area contributed by atoms with Crippen LogP contribution in [-0.2, 0) is 14.3 Å². The summed E-state index contributed by atoms with van der Waals surface area (Å²) in [5.41, 5.74) is 8.33. The van der Waals surface area contributed by atoms with Crippen molar-refractivity contribution in [1.82, 2.24) is 5.32 Å². The molecule has 0 amide bonds. The van der Waals surface area contributed by atoms with Gasteiger partial charge in [-0.25, -0.2) is 4.99 Å². The maximum atomic E-state index is 12.7. The van der Waals surface area contributed by atoms with Gasteiger partial charge in [-0.05, 0) is 104 Å². The van der Waals surface area contributed by atoms with Gasteiger partial charge in [0.1, 0.15) is 12.6 Å². The van der Waals surface area contributed by atoms with Gasteiger partial charge in [0.25, 0.3) is 0 Å². The lowest BCUT2D eigenvalue weighted by Gasteiger charge is -2.62. The lowest BCUT2D eigenvalue weighted by atomic mass is 9.42. The number of carbonyl (C=O) groups is 1. The number of aliphatic imine (C=N–C) groups is 1. The maximum Gasteiger partial charge on any atom is 0.328 e. The van der Waals surface area contributed by atoms with Crippen molar-refractivity contribution in [2.45, 2.75) is 143 Å². The van der Waals surface area contributed by atoms with Crippen LogP contribution in [0.15, 0.2) is 16.6 Å². The largest absolute Gasteiger partial charge is 0.461 e. The van der Waals surface area contributed by atoms with Gasteiger partial charge in [-0.2, -0.15) is 0 Å². The molecule has 7 unspecified atom stereocenters. The van der Waals surface area contributed by atoms with Crippen LogP contribution < -0.4 is 11.1 Å². The summed E-state index contributed by atoms with van der Waals surface area (Å²) in [5.74, 6) is 5.09. The molecule has 4 aliphatic rings. The van der Waals surface area contributed by atoms with E-state index in [0.717, 1.165) is 93.6 Å². The highest BCUT2D eigenvalue weighted by Gasteiger charge is 2.57. The Morgan fingerprint density at radius 2 is 1.82 bits per heavy atom. The first-order valence-electron chi connectivity index (χ1n) is 18.5. The van der Waals surface area contributed by atoms with Crippen molar-refractivity contribution in [3.05, 3.63) is 11.6 Å². The number of carbonyl (C=O) groups excluding carboxylic acids is 1. The highest BCUT2D eigenvalue weighted by Crippen LogP contribution is 2.66. The molecule has 4 rings (SSSR count). The van der Waals surface area contributed by atoms with Gasteiger partial charge >= 0.3 is 5.97 Å². The van der Waals surface area contributed by atoms with Crippen molar-refractivity contribution in [1.29, 1.82) is 0 Å². The van der Waals surface area contributed by atoms with Crippen LogP contribution in [0, 0.1) is 46.3 Å². The Balaban J connectivity index is 1.28. The zero-order chi connectivity index (χ0) is 31.7. The predicted octanol–water partition coefficient (Wildman–Crippen LogP) is 8.44. The first kappa shape index (κ1) is 35.3. The molecule has 0 radical (unpaired) electrons. The fourth-order valence-corrected chi connectivity index (χ4v) is 10.3. The molecular weight excluding hydrogens is 546 g/mol. The third-order valence-electron chi connectivity index (χ3n) is 12.8. The summed E-state index contributed by atoms with van der Waals surface area (Å²) in [5, 5.41) is 3.12. The Kier molecular flexibility index (Phi) is 13.1. The average Bonchev–Trinajstić information content (AvgIpc) is 2.98. The van der Waals surface area contributed by atoms with Crippen molar-refractivity contribution < 1.29 is 14.3 Å². The number of allylic oxidation sites excluding steroid dienone is 1. The maximum absolute atomic E-state index is 12.7. The minimum absolute atomic E-state index is 0.0124. The summed E-state index contributed by atoms with van der Waals surface area (Å²) in [7, 11) is 1.74. The van der Waals surface area contributed by atoms with Crippen molar-refractivity contribution in [2.24, 2.45) is 57.1 Å². The molecule has 6 nitrogen and oxygen atoms in total. The van der Waals surface area contributed by atoms with Crippen LogP contribution in [0.3, 0.4) is 0 Å². The van der Waals surface area contributed by atoms with E-state index in [1.54, 1.807) is 12.7 Å². The smallest absolute Gasteiger partial charge is 0.328 e. The molecule has 0 aromatic rings. The highest BCUT2D eigenvalue weighted by atomic mass is 16.5. The number of guanidine groups is 1. The predicted molar refractivity (Wildman–Crippen MR) is 182 cm³/mol. The van der Waals surface area contributed by atoms with Crippen LogP contribution in [0.1, 0.15) is 137 Å². The van der Waals surface area contributed by atoms with Crippen LogP contribution in [0.2, 0.25) is 0 Å². The summed E-state index contributed by atoms with van der Waals surface area (Å²) in [6, 6.07) is 0. The van der Waals surface area contributed by atoms with E-state index in [9.17, 15) is 4.79 Å². The standard InChI is InChI=1S/C38H67N3O3/c1-27(2)13-11-14-28(3)32-15-12-16-33-31-18-17-29-25-30(19-21-37(29,4)34(31)20-22-38(32,33)5)44-35(42)26-41-36(39)40-23-9-7-8-10-24-43-6/h17,27-28,30-34H,7-16,18-26H2,1-6H3,(H3,39,40,41)/t28-,30?,31?,32?,33?,34?,37?,38?/m1/s1. The Labute approximate surface area is 270 Å². The zero-order valence-corrected chi connectivity index (χ0v) is 29.3. The summed E-state index contributed by atoms with van der Waals surface area (Å²) in [6.45, 7) is 14.1. The van der Waals surface area contributed by atoms with Crippen LogP contribution in [0.4, 0.5) is 0 Å². The Bertz CT molecular complexity index is 978. The molecule has 252 valence electrons. The molecule has 8 atom stereocenters. The molecule has 0 aromatic heterocycles. The van der Waals surface area contributed by atoms with Crippen LogP contribution in [0.25, 0.3) is 0 Å².